The van der Waals surface area contributed by atoms with Crippen LogP contribution in [-0.4, -0.2) is 28.4 Å². The van der Waals surface area contributed by atoms with Crippen LogP contribution in [0.1, 0.15) is 31.2 Å². The van der Waals surface area contributed by atoms with Crippen LogP contribution in [0.5, 0.6) is 0 Å². The number of rotatable bonds is 7. The molecule has 1 heterocycles. The maximum absolute atomic E-state index is 5.98. The SMILES string of the molecule is CNCC(Cc1ncnn1CC(C)C)c1ccc(Cl)cc1. The Balaban J connectivity index is 2.16. The van der Waals surface area contributed by atoms with Crippen LogP contribution in [0, 0.1) is 5.92 Å². The molecular formula is C16H23ClN4. The van der Waals surface area contributed by atoms with Crippen LogP contribution >= 0.6 is 11.6 Å². The van der Waals surface area contributed by atoms with E-state index in [4.69, 9.17) is 11.6 Å². The van der Waals surface area contributed by atoms with Gasteiger partial charge in [-0.1, -0.05) is 37.6 Å². The summed E-state index contributed by atoms with van der Waals surface area (Å²) >= 11 is 5.98. The molecule has 1 atom stereocenters. The first-order valence-electron chi connectivity index (χ1n) is 7.37. The first-order chi connectivity index (χ1) is 10.1. The predicted molar refractivity (Wildman–Crippen MR) is 86.7 cm³/mol. The average molecular weight is 307 g/mol. The minimum atomic E-state index is 0.363. The van der Waals surface area contributed by atoms with E-state index in [1.165, 1.54) is 5.56 Å². The van der Waals surface area contributed by atoms with Gasteiger partial charge in [0.1, 0.15) is 12.2 Å². The fourth-order valence-electron chi connectivity index (χ4n) is 2.45. The molecule has 0 aliphatic rings. The molecule has 0 fully saturated rings. The van der Waals surface area contributed by atoms with Crippen molar-refractivity contribution in [1.29, 1.82) is 0 Å². The van der Waals surface area contributed by atoms with Crippen molar-refractivity contribution in [3.05, 3.63) is 47.0 Å². The van der Waals surface area contributed by atoms with Gasteiger partial charge in [0, 0.05) is 30.5 Å². The third kappa shape index (κ3) is 4.55. The summed E-state index contributed by atoms with van der Waals surface area (Å²) in [6.45, 7) is 6.18. The molecule has 0 saturated carbocycles. The lowest BCUT2D eigenvalue weighted by Crippen LogP contribution is -2.21. The summed E-state index contributed by atoms with van der Waals surface area (Å²) in [6, 6.07) is 8.07. The van der Waals surface area contributed by atoms with E-state index in [0.717, 1.165) is 30.4 Å². The number of nitrogens with zero attached hydrogens (tertiary/aromatic N) is 3. The number of likely N-dealkylation sites (N-methyl/N-ethyl adjacent to an activating group) is 1. The summed E-state index contributed by atoms with van der Waals surface area (Å²) in [4.78, 5) is 4.43. The Hall–Kier alpha value is -1.39. The lowest BCUT2D eigenvalue weighted by molar-refractivity contribution is 0.456. The third-order valence-electron chi connectivity index (χ3n) is 3.45. The normalized spacial score (nSPS) is 12.8. The molecule has 1 aromatic carbocycles. The zero-order chi connectivity index (χ0) is 15.2. The van der Waals surface area contributed by atoms with Crippen LogP contribution < -0.4 is 5.32 Å². The lowest BCUT2D eigenvalue weighted by Gasteiger charge is -2.18. The van der Waals surface area contributed by atoms with E-state index in [0.29, 0.717) is 11.8 Å². The van der Waals surface area contributed by atoms with Crippen LogP contribution in [-0.2, 0) is 13.0 Å². The molecule has 1 aromatic heterocycles. The van der Waals surface area contributed by atoms with Crippen molar-refractivity contribution < 1.29 is 0 Å². The zero-order valence-electron chi connectivity index (χ0n) is 12.9. The van der Waals surface area contributed by atoms with Crippen molar-refractivity contribution in [2.75, 3.05) is 13.6 Å². The quantitative estimate of drug-likeness (QED) is 0.854. The van der Waals surface area contributed by atoms with E-state index in [9.17, 15) is 0 Å². The zero-order valence-corrected chi connectivity index (χ0v) is 13.6. The number of benzene rings is 1. The first kappa shape index (κ1) is 16.0. The van der Waals surface area contributed by atoms with Crippen LogP contribution in [0.3, 0.4) is 0 Å². The molecule has 2 rings (SSSR count). The molecule has 1 unspecified atom stereocenters. The van der Waals surface area contributed by atoms with Gasteiger partial charge in [0.05, 0.1) is 0 Å². The Morgan fingerprint density at radius 2 is 1.95 bits per heavy atom. The molecule has 0 amide bonds. The molecule has 0 aliphatic heterocycles. The topological polar surface area (TPSA) is 42.7 Å². The van der Waals surface area contributed by atoms with Crippen molar-refractivity contribution in [3.63, 3.8) is 0 Å². The molecule has 114 valence electrons. The summed E-state index contributed by atoms with van der Waals surface area (Å²) in [5.74, 6) is 1.96. The van der Waals surface area contributed by atoms with E-state index in [1.807, 2.05) is 23.9 Å². The van der Waals surface area contributed by atoms with Gasteiger partial charge in [-0.15, -0.1) is 0 Å². The smallest absolute Gasteiger partial charge is 0.138 e. The second-order valence-corrected chi connectivity index (χ2v) is 6.20. The van der Waals surface area contributed by atoms with Gasteiger partial charge in [-0.3, -0.25) is 0 Å². The summed E-state index contributed by atoms with van der Waals surface area (Å²) in [5.41, 5.74) is 1.27. The highest BCUT2D eigenvalue weighted by Gasteiger charge is 2.16. The first-order valence-corrected chi connectivity index (χ1v) is 7.74. The Morgan fingerprint density at radius 1 is 1.24 bits per heavy atom. The molecule has 0 bridgehead atoms. The summed E-state index contributed by atoms with van der Waals surface area (Å²) in [5, 5.41) is 8.37. The van der Waals surface area contributed by atoms with Crippen LogP contribution in [0.2, 0.25) is 5.02 Å². The van der Waals surface area contributed by atoms with Crippen molar-refractivity contribution in [2.45, 2.75) is 32.7 Å². The molecule has 2 aromatic rings. The number of halogens is 1. The third-order valence-corrected chi connectivity index (χ3v) is 3.71. The van der Waals surface area contributed by atoms with E-state index in [2.05, 4.69) is 41.4 Å². The van der Waals surface area contributed by atoms with Gasteiger partial charge in [0.25, 0.3) is 0 Å². The molecule has 21 heavy (non-hydrogen) atoms. The standard InChI is InChI=1S/C16H23ClN4/c1-12(2)10-21-16(19-11-20-21)8-14(9-18-3)13-4-6-15(17)7-5-13/h4-7,11-12,14,18H,8-10H2,1-3H3. The Morgan fingerprint density at radius 3 is 2.57 bits per heavy atom. The number of hydrogen-bond acceptors (Lipinski definition) is 3. The van der Waals surface area contributed by atoms with Gasteiger partial charge < -0.3 is 5.32 Å². The minimum Gasteiger partial charge on any atom is -0.319 e. The summed E-state index contributed by atoms with van der Waals surface area (Å²) < 4.78 is 2.02. The molecule has 0 saturated heterocycles. The molecule has 0 radical (unpaired) electrons. The van der Waals surface area contributed by atoms with Gasteiger partial charge in [-0.25, -0.2) is 9.67 Å². The maximum Gasteiger partial charge on any atom is 0.138 e. The number of nitrogens with one attached hydrogen (secondary N) is 1. The fourth-order valence-corrected chi connectivity index (χ4v) is 2.58. The highest BCUT2D eigenvalue weighted by atomic mass is 35.5. The monoisotopic (exact) mass is 306 g/mol. The second-order valence-electron chi connectivity index (χ2n) is 5.76. The number of hydrogen-bond donors (Lipinski definition) is 1. The summed E-state index contributed by atoms with van der Waals surface area (Å²) in [6.07, 6.45) is 2.52. The van der Waals surface area contributed by atoms with E-state index in [1.54, 1.807) is 6.33 Å². The highest BCUT2D eigenvalue weighted by Crippen LogP contribution is 2.21. The van der Waals surface area contributed by atoms with Crippen molar-refractivity contribution in [1.82, 2.24) is 20.1 Å². The van der Waals surface area contributed by atoms with Gasteiger partial charge >= 0.3 is 0 Å². The molecule has 1 N–H and O–H groups in total. The molecule has 0 spiro atoms. The Bertz CT molecular complexity index is 548. The van der Waals surface area contributed by atoms with Crippen molar-refractivity contribution in [3.8, 4) is 0 Å². The second kappa shape index (κ2) is 7.57. The summed E-state index contributed by atoms with van der Waals surface area (Å²) in [7, 11) is 1.97. The maximum atomic E-state index is 5.98. The Kier molecular flexibility index (Phi) is 5.76. The predicted octanol–water partition coefficient (Wildman–Crippen LogP) is 3.13. The molecule has 0 aliphatic carbocycles. The fraction of sp³-hybridized carbons (Fsp3) is 0.500. The largest absolute Gasteiger partial charge is 0.319 e. The van der Waals surface area contributed by atoms with E-state index >= 15 is 0 Å². The minimum absolute atomic E-state index is 0.363. The van der Waals surface area contributed by atoms with Crippen LogP contribution in [0.25, 0.3) is 0 Å². The van der Waals surface area contributed by atoms with Crippen LogP contribution in [0.4, 0.5) is 0 Å². The van der Waals surface area contributed by atoms with Crippen molar-refractivity contribution >= 4 is 11.6 Å². The van der Waals surface area contributed by atoms with Gasteiger partial charge in [0.2, 0.25) is 0 Å². The Labute approximate surface area is 131 Å². The highest BCUT2D eigenvalue weighted by molar-refractivity contribution is 6.30. The van der Waals surface area contributed by atoms with Gasteiger partial charge in [-0.2, -0.15) is 5.10 Å². The van der Waals surface area contributed by atoms with Crippen LogP contribution in [0.15, 0.2) is 30.6 Å². The van der Waals surface area contributed by atoms with Gasteiger partial charge in [0.15, 0.2) is 0 Å². The lowest BCUT2D eigenvalue weighted by atomic mass is 9.95. The van der Waals surface area contributed by atoms with E-state index in [-0.39, 0.29) is 0 Å². The molecule has 4 nitrogen and oxygen atoms in total. The van der Waals surface area contributed by atoms with E-state index < -0.39 is 0 Å². The van der Waals surface area contributed by atoms with Crippen molar-refractivity contribution in [2.24, 2.45) is 5.92 Å². The molecule has 5 heteroatoms. The number of aromatic nitrogens is 3. The average Bonchev–Trinajstić information content (AvgIpc) is 2.86. The van der Waals surface area contributed by atoms with Gasteiger partial charge in [-0.05, 0) is 30.7 Å². The molecular weight excluding hydrogens is 284 g/mol.